The lowest BCUT2D eigenvalue weighted by atomic mass is 10.2. The van der Waals surface area contributed by atoms with Crippen molar-refractivity contribution in [3.05, 3.63) is 29.2 Å². The minimum Gasteiger partial charge on any atom is -0.627 e. The average Bonchev–Trinajstić information content (AvgIpc) is 3.17. The maximum atomic E-state index is 14.3. The monoisotopic (exact) mass is 339 g/mol. The van der Waals surface area contributed by atoms with E-state index in [1.807, 2.05) is 0 Å². The first kappa shape index (κ1) is 16.6. The largest absolute Gasteiger partial charge is 0.627 e. The molecule has 3 rings (SSSR count). The topological polar surface area (TPSA) is 86.6 Å². The van der Waals surface area contributed by atoms with Gasteiger partial charge in [-0.3, -0.25) is 4.90 Å². The molecule has 0 bridgehead atoms. The number of cyclic esters (lactones) is 1. The number of rotatable bonds is 4. The summed E-state index contributed by atoms with van der Waals surface area (Å²) in [5, 5.41) is 10.9. The van der Waals surface area contributed by atoms with Crippen LogP contribution in [0, 0.1) is 11.0 Å². The van der Waals surface area contributed by atoms with Crippen LogP contribution in [0.1, 0.15) is 6.92 Å². The Balaban J connectivity index is 1.71. The predicted molar refractivity (Wildman–Crippen MR) is 82.1 cm³/mol. The van der Waals surface area contributed by atoms with Gasteiger partial charge >= 0.3 is 12.0 Å². The summed E-state index contributed by atoms with van der Waals surface area (Å²) in [5.74, 6) is -1.04. The molecule has 0 saturated carbocycles. The van der Waals surface area contributed by atoms with E-state index in [0.29, 0.717) is 31.3 Å². The summed E-state index contributed by atoms with van der Waals surface area (Å²) in [6, 6.07) is 4.46. The van der Waals surface area contributed by atoms with E-state index in [4.69, 9.17) is 9.47 Å². The summed E-state index contributed by atoms with van der Waals surface area (Å²) >= 11 is 0. The SMILES string of the molecule is CC(=O)[NH+]([O-])C[C@@H]1CN(c2ccc(N3CCOC3)c(F)c2)C(=O)O1. The van der Waals surface area contributed by atoms with Crippen LogP contribution in [0.15, 0.2) is 18.2 Å². The predicted octanol–water partition coefficient (Wildman–Crippen LogP) is -0.126. The number of benzene rings is 1. The van der Waals surface area contributed by atoms with E-state index in [0.717, 1.165) is 0 Å². The molecule has 2 aliphatic rings. The first-order valence-electron chi connectivity index (χ1n) is 7.60. The fraction of sp³-hybridized carbons (Fsp3) is 0.467. The van der Waals surface area contributed by atoms with E-state index >= 15 is 0 Å². The summed E-state index contributed by atoms with van der Waals surface area (Å²) in [5.41, 5.74) is 0.756. The fourth-order valence-corrected chi connectivity index (χ4v) is 2.71. The van der Waals surface area contributed by atoms with Crippen molar-refractivity contribution in [2.45, 2.75) is 13.0 Å². The zero-order chi connectivity index (χ0) is 17.3. The van der Waals surface area contributed by atoms with Crippen molar-refractivity contribution in [1.29, 1.82) is 0 Å². The number of hydroxylamine groups is 2. The van der Waals surface area contributed by atoms with Crippen molar-refractivity contribution in [2.75, 3.05) is 42.8 Å². The number of halogens is 1. The Labute approximate surface area is 137 Å². The van der Waals surface area contributed by atoms with Crippen LogP contribution >= 0.6 is 0 Å². The summed E-state index contributed by atoms with van der Waals surface area (Å²) in [6.45, 7) is 2.60. The maximum absolute atomic E-state index is 14.3. The second-order valence-corrected chi connectivity index (χ2v) is 5.74. The van der Waals surface area contributed by atoms with Gasteiger partial charge < -0.3 is 24.6 Å². The molecular weight excluding hydrogens is 321 g/mol. The number of nitrogens with one attached hydrogen (secondary N) is 1. The second kappa shape index (κ2) is 6.71. The molecule has 1 unspecified atom stereocenters. The molecule has 8 nitrogen and oxygen atoms in total. The summed E-state index contributed by atoms with van der Waals surface area (Å²) in [4.78, 5) is 26.0. The summed E-state index contributed by atoms with van der Waals surface area (Å²) < 4.78 is 24.6. The molecule has 0 aliphatic carbocycles. The fourth-order valence-electron chi connectivity index (χ4n) is 2.71. The van der Waals surface area contributed by atoms with E-state index in [-0.39, 0.29) is 13.1 Å². The van der Waals surface area contributed by atoms with Crippen LogP contribution < -0.4 is 14.9 Å². The lowest BCUT2D eigenvalue weighted by molar-refractivity contribution is -0.768. The van der Waals surface area contributed by atoms with Gasteiger partial charge in [-0.15, -0.1) is 0 Å². The Morgan fingerprint density at radius 1 is 1.50 bits per heavy atom. The summed E-state index contributed by atoms with van der Waals surface area (Å²) in [6.07, 6.45) is -1.36. The molecule has 24 heavy (non-hydrogen) atoms. The van der Waals surface area contributed by atoms with Gasteiger partial charge in [0.25, 0.3) is 0 Å². The van der Waals surface area contributed by atoms with Crippen molar-refractivity contribution in [1.82, 2.24) is 0 Å². The maximum Gasteiger partial charge on any atom is 0.414 e. The van der Waals surface area contributed by atoms with Crippen molar-refractivity contribution < 1.29 is 28.5 Å². The minimum absolute atomic E-state index is 0.101. The van der Waals surface area contributed by atoms with Gasteiger partial charge in [0.2, 0.25) is 0 Å². The molecule has 1 aromatic rings. The molecule has 0 spiro atoms. The van der Waals surface area contributed by atoms with Gasteiger partial charge in [0.05, 0.1) is 31.5 Å². The molecule has 0 radical (unpaired) electrons. The zero-order valence-electron chi connectivity index (χ0n) is 13.2. The highest BCUT2D eigenvalue weighted by molar-refractivity contribution is 5.90. The van der Waals surface area contributed by atoms with Crippen LogP contribution in [0.3, 0.4) is 0 Å². The number of hydrogen-bond acceptors (Lipinski definition) is 6. The van der Waals surface area contributed by atoms with Gasteiger partial charge in [0, 0.05) is 6.54 Å². The van der Waals surface area contributed by atoms with E-state index in [2.05, 4.69) is 0 Å². The number of nitrogens with zero attached hydrogens (tertiary/aromatic N) is 2. The van der Waals surface area contributed by atoms with Crippen molar-refractivity contribution >= 4 is 23.4 Å². The van der Waals surface area contributed by atoms with Gasteiger partial charge in [0.1, 0.15) is 19.1 Å². The van der Waals surface area contributed by atoms with E-state index in [9.17, 15) is 19.2 Å². The van der Waals surface area contributed by atoms with Gasteiger partial charge in [-0.1, -0.05) is 0 Å². The lowest BCUT2D eigenvalue weighted by Crippen LogP contribution is -3.10. The van der Waals surface area contributed by atoms with Gasteiger partial charge in [-0.2, -0.15) is 0 Å². The van der Waals surface area contributed by atoms with E-state index < -0.39 is 29.0 Å². The molecule has 1 aromatic carbocycles. The van der Waals surface area contributed by atoms with Crippen molar-refractivity contribution in [2.24, 2.45) is 0 Å². The molecule has 9 heteroatoms. The third-order valence-corrected chi connectivity index (χ3v) is 4.02. The minimum atomic E-state index is -0.705. The molecule has 1 N–H and O–H groups in total. The average molecular weight is 339 g/mol. The first-order chi connectivity index (χ1) is 11.5. The number of anilines is 2. The lowest BCUT2D eigenvalue weighted by Gasteiger charge is -2.20. The van der Waals surface area contributed by atoms with E-state index in [1.165, 1.54) is 17.9 Å². The van der Waals surface area contributed by atoms with Crippen LogP contribution in [0.25, 0.3) is 0 Å². The number of amides is 2. The van der Waals surface area contributed by atoms with Crippen LogP contribution in [-0.2, 0) is 14.3 Å². The third kappa shape index (κ3) is 3.32. The number of quaternary nitrogens is 1. The molecule has 2 saturated heterocycles. The molecule has 2 fully saturated rings. The molecule has 0 aromatic heterocycles. The Morgan fingerprint density at radius 2 is 2.29 bits per heavy atom. The zero-order valence-corrected chi connectivity index (χ0v) is 13.2. The standard InChI is InChI=1S/C15H18FN3O5/c1-10(20)19(22)8-12-7-18(15(21)24-12)11-2-3-14(13(16)6-11)17-4-5-23-9-17/h2-3,6,12,19H,4-5,7-9H2,1H3/t12-/m0/s1. The van der Waals surface area contributed by atoms with Gasteiger partial charge in [-0.25, -0.2) is 14.0 Å². The number of carbonyl (C=O) groups excluding carboxylic acids is 2. The third-order valence-electron chi connectivity index (χ3n) is 4.02. The number of hydrogen-bond donors (Lipinski definition) is 1. The Morgan fingerprint density at radius 3 is 2.92 bits per heavy atom. The Hall–Kier alpha value is -2.23. The van der Waals surface area contributed by atoms with Crippen LogP contribution in [0.2, 0.25) is 0 Å². The van der Waals surface area contributed by atoms with Gasteiger partial charge in [0.15, 0.2) is 6.10 Å². The first-order valence-corrected chi connectivity index (χ1v) is 7.60. The van der Waals surface area contributed by atoms with E-state index in [1.54, 1.807) is 17.0 Å². The van der Waals surface area contributed by atoms with Crippen LogP contribution in [0.4, 0.5) is 20.6 Å². The highest BCUT2D eigenvalue weighted by Gasteiger charge is 2.35. The van der Waals surface area contributed by atoms with Gasteiger partial charge in [-0.05, 0) is 18.2 Å². The quantitative estimate of drug-likeness (QED) is 0.770. The molecule has 130 valence electrons. The Kier molecular flexibility index (Phi) is 4.65. The molecular formula is C15H18FN3O5. The normalized spacial score (nSPS) is 22.0. The van der Waals surface area contributed by atoms with Crippen LogP contribution in [0.5, 0.6) is 0 Å². The van der Waals surface area contributed by atoms with Crippen molar-refractivity contribution in [3.8, 4) is 0 Å². The smallest absolute Gasteiger partial charge is 0.414 e. The highest BCUT2D eigenvalue weighted by atomic mass is 19.1. The number of ether oxygens (including phenoxy) is 2. The highest BCUT2D eigenvalue weighted by Crippen LogP contribution is 2.28. The second-order valence-electron chi connectivity index (χ2n) is 5.74. The van der Waals surface area contributed by atoms with Crippen LogP contribution in [-0.4, -0.2) is 51.1 Å². The summed E-state index contributed by atoms with van der Waals surface area (Å²) in [7, 11) is 0. The van der Waals surface area contributed by atoms with Crippen molar-refractivity contribution in [3.63, 3.8) is 0 Å². The number of carbonyl (C=O) groups is 2. The molecule has 2 atom stereocenters. The Bertz CT molecular complexity index is 650. The molecule has 2 amide bonds. The molecule has 2 aliphatic heterocycles. The molecule has 2 heterocycles.